The van der Waals surface area contributed by atoms with E-state index in [0.717, 1.165) is 64.2 Å². The van der Waals surface area contributed by atoms with Crippen molar-refractivity contribution in [2.45, 2.75) is 244 Å². The summed E-state index contributed by atoms with van der Waals surface area (Å²) >= 11 is 0. The van der Waals surface area contributed by atoms with Crippen LogP contribution in [0.25, 0.3) is 0 Å². The molecule has 0 rings (SSSR count). The zero-order chi connectivity index (χ0) is 40.3. The van der Waals surface area contributed by atoms with Gasteiger partial charge in [0.15, 0.2) is 0 Å². The molecule has 0 aliphatic carbocycles. The van der Waals surface area contributed by atoms with E-state index < -0.39 is 18.2 Å². The molecule has 0 aromatic rings. The van der Waals surface area contributed by atoms with Gasteiger partial charge in [0.05, 0.1) is 25.2 Å². The van der Waals surface area contributed by atoms with Crippen LogP contribution in [0.2, 0.25) is 0 Å². The van der Waals surface area contributed by atoms with Crippen molar-refractivity contribution >= 4 is 11.9 Å². The highest BCUT2D eigenvalue weighted by molar-refractivity contribution is 5.77. The molecule has 0 aromatic heterocycles. The number of allylic oxidation sites excluding steroid dienone is 8. The molecule has 320 valence electrons. The van der Waals surface area contributed by atoms with Gasteiger partial charge >= 0.3 is 5.97 Å². The summed E-state index contributed by atoms with van der Waals surface area (Å²) in [6.07, 6.45) is 50.3. The predicted molar refractivity (Wildman–Crippen MR) is 236 cm³/mol. The predicted octanol–water partition coefficient (Wildman–Crippen LogP) is 13.5. The van der Waals surface area contributed by atoms with Gasteiger partial charge in [-0.1, -0.05) is 198 Å². The van der Waals surface area contributed by atoms with Crippen LogP contribution in [-0.4, -0.2) is 46.9 Å². The highest BCUT2D eigenvalue weighted by atomic mass is 16.5. The van der Waals surface area contributed by atoms with Crippen LogP contribution < -0.4 is 5.32 Å². The standard InChI is InChI=1S/C49H89NO5/c1-4-7-10-13-16-19-21-22-23-24-25-26-28-30-33-36-39-42-49(54)55-45(40-37-34-31-18-15-12-9-6-3)43-48(53)50-46(44-51)47(52)41-38-35-32-29-27-20-17-14-11-8-5-2/h16,19,22-23,25-26,30,33,45-47,51-52H,4-15,17-18,20-21,24,27-29,31-32,34-44H2,1-3H3,(H,50,53)/b19-16-,23-22-,26-25-,33-30-. The minimum Gasteiger partial charge on any atom is -0.462 e. The molecule has 55 heavy (non-hydrogen) atoms. The number of carbonyl (C=O) groups is 2. The lowest BCUT2D eigenvalue weighted by Crippen LogP contribution is -2.46. The Morgan fingerprint density at radius 2 is 0.927 bits per heavy atom. The Bertz CT molecular complexity index is 957. The second kappa shape index (κ2) is 43.0. The third-order valence-electron chi connectivity index (χ3n) is 10.4. The van der Waals surface area contributed by atoms with Gasteiger partial charge in [-0.2, -0.15) is 0 Å². The summed E-state index contributed by atoms with van der Waals surface area (Å²) < 4.78 is 5.86. The highest BCUT2D eigenvalue weighted by Crippen LogP contribution is 2.17. The number of nitrogens with one attached hydrogen (secondary N) is 1. The molecule has 0 saturated carbocycles. The Hall–Kier alpha value is -2.18. The Morgan fingerprint density at radius 3 is 1.40 bits per heavy atom. The molecule has 0 bridgehead atoms. The Labute approximate surface area is 340 Å². The van der Waals surface area contributed by atoms with E-state index in [2.05, 4.69) is 74.7 Å². The van der Waals surface area contributed by atoms with Crippen molar-refractivity contribution in [2.24, 2.45) is 0 Å². The summed E-state index contributed by atoms with van der Waals surface area (Å²) in [4.78, 5) is 25.9. The van der Waals surface area contributed by atoms with Gasteiger partial charge in [-0.25, -0.2) is 0 Å². The van der Waals surface area contributed by atoms with Crippen LogP contribution in [0.15, 0.2) is 48.6 Å². The van der Waals surface area contributed by atoms with Gasteiger partial charge in [-0.3, -0.25) is 9.59 Å². The van der Waals surface area contributed by atoms with Gasteiger partial charge < -0.3 is 20.3 Å². The van der Waals surface area contributed by atoms with Crippen molar-refractivity contribution in [3.8, 4) is 0 Å². The molecular formula is C49H89NO5. The molecule has 3 atom stereocenters. The minimum absolute atomic E-state index is 0.0566. The van der Waals surface area contributed by atoms with Crippen LogP contribution >= 0.6 is 0 Å². The third kappa shape index (κ3) is 38.5. The van der Waals surface area contributed by atoms with Crippen molar-refractivity contribution < 1.29 is 24.5 Å². The molecule has 0 aromatic carbocycles. The van der Waals surface area contributed by atoms with E-state index in [0.29, 0.717) is 25.7 Å². The number of amides is 1. The summed E-state index contributed by atoms with van der Waals surface area (Å²) in [5.41, 5.74) is 0. The first-order valence-electron chi connectivity index (χ1n) is 23.4. The molecule has 0 heterocycles. The van der Waals surface area contributed by atoms with Crippen LogP contribution in [0.5, 0.6) is 0 Å². The molecule has 3 N–H and O–H groups in total. The molecule has 3 unspecified atom stereocenters. The maximum atomic E-state index is 13.1. The quantitative estimate of drug-likeness (QED) is 0.0327. The van der Waals surface area contributed by atoms with Gasteiger partial charge in [0.2, 0.25) is 5.91 Å². The molecule has 0 saturated heterocycles. The molecule has 0 spiro atoms. The smallest absolute Gasteiger partial charge is 0.306 e. The van der Waals surface area contributed by atoms with Crippen LogP contribution in [-0.2, 0) is 14.3 Å². The maximum absolute atomic E-state index is 13.1. The zero-order valence-electron chi connectivity index (χ0n) is 36.3. The van der Waals surface area contributed by atoms with Gasteiger partial charge in [-0.15, -0.1) is 0 Å². The van der Waals surface area contributed by atoms with Gasteiger partial charge in [0.1, 0.15) is 6.10 Å². The molecule has 1 amide bonds. The van der Waals surface area contributed by atoms with E-state index in [4.69, 9.17) is 4.74 Å². The second-order valence-corrected chi connectivity index (χ2v) is 15.8. The van der Waals surface area contributed by atoms with Crippen LogP contribution in [0.3, 0.4) is 0 Å². The summed E-state index contributed by atoms with van der Waals surface area (Å²) in [5, 5.41) is 23.6. The average Bonchev–Trinajstić information content (AvgIpc) is 3.18. The number of carbonyl (C=O) groups excluding carboxylic acids is 2. The number of hydrogen-bond acceptors (Lipinski definition) is 5. The molecule has 0 fully saturated rings. The molecule has 0 aliphatic heterocycles. The van der Waals surface area contributed by atoms with Gasteiger partial charge in [0, 0.05) is 6.42 Å². The number of aliphatic hydroxyl groups excluding tert-OH is 2. The average molecular weight is 772 g/mol. The SMILES string of the molecule is CCCCC/C=C\C/C=C\C/C=C\C/C=C\CCCC(=O)OC(CCCCCCCCCC)CC(=O)NC(CO)C(O)CCCCCCCCCCCCC. The molecule has 0 radical (unpaired) electrons. The number of ether oxygens (including phenoxy) is 1. The fourth-order valence-corrected chi connectivity index (χ4v) is 6.83. The largest absolute Gasteiger partial charge is 0.462 e. The lowest BCUT2D eigenvalue weighted by Gasteiger charge is -2.24. The molecule has 6 heteroatoms. The first kappa shape index (κ1) is 52.8. The van der Waals surface area contributed by atoms with Gasteiger partial charge in [0.25, 0.3) is 0 Å². The van der Waals surface area contributed by atoms with Crippen LogP contribution in [0.1, 0.15) is 226 Å². The van der Waals surface area contributed by atoms with Crippen molar-refractivity contribution in [3.63, 3.8) is 0 Å². The fourth-order valence-electron chi connectivity index (χ4n) is 6.83. The number of aliphatic hydroxyl groups is 2. The normalized spacial score (nSPS) is 13.8. The van der Waals surface area contributed by atoms with Crippen LogP contribution in [0.4, 0.5) is 0 Å². The second-order valence-electron chi connectivity index (χ2n) is 15.8. The van der Waals surface area contributed by atoms with E-state index in [1.807, 2.05) is 0 Å². The molecule has 0 aliphatic rings. The van der Waals surface area contributed by atoms with E-state index in [9.17, 15) is 19.8 Å². The van der Waals surface area contributed by atoms with Gasteiger partial charge in [-0.05, 0) is 64.2 Å². The summed E-state index contributed by atoms with van der Waals surface area (Å²) in [6, 6.07) is -0.708. The number of hydrogen-bond donors (Lipinski definition) is 3. The topological polar surface area (TPSA) is 95.9 Å². The Morgan fingerprint density at radius 1 is 0.527 bits per heavy atom. The van der Waals surface area contributed by atoms with Crippen molar-refractivity contribution in [2.75, 3.05) is 6.61 Å². The zero-order valence-corrected chi connectivity index (χ0v) is 36.3. The number of rotatable bonds is 41. The van der Waals surface area contributed by atoms with E-state index in [1.54, 1.807) is 0 Å². The number of esters is 1. The number of unbranched alkanes of at least 4 members (excludes halogenated alkanes) is 21. The lowest BCUT2D eigenvalue weighted by atomic mass is 10.0. The molecule has 6 nitrogen and oxygen atoms in total. The summed E-state index contributed by atoms with van der Waals surface area (Å²) in [7, 11) is 0. The van der Waals surface area contributed by atoms with Crippen molar-refractivity contribution in [1.29, 1.82) is 0 Å². The van der Waals surface area contributed by atoms with Crippen molar-refractivity contribution in [3.05, 3.63) is 48.6 Å². The summed E-state index contributed by atoms with van der Waals surface area (Å²) in [6.45, 7) is 6.40. The Kier molecular flexibility index (Phi) is 41.2. The maximum Gasteiger partial charge on any atom is 0.306 e. The lowest BCUT2D eigenvalue weighted by molar-refractivity contribution is -0.151. The van der Waals surface area contributed by atoms with E-state index in [-0.39, 0.29) is 24.9 Å². The van der Waals surface area contributed by atoms with E-state index >= 15 is 0 Å². The van der Waals surface area contributed by atoms with E-state index in [1.165, 1.54) is 109 Å². The fraction of sp³-hybridized carbons (Fsp3) is 0.796. The summed E-state index contributed by atoms with van der Waals surface area (Å²) in [5.74, 6) is -0.543. The molecular weight excluding hydrogens is 683 g/mol. The van der Waals surface area contributed by atoms with Crippen LogP contribution in [0, 0.1) is 0 Å². The highest BCUT2D eigenvalue weighted by Gasteiger charge is 2.24. The Balaban J connectivity index is 4.56. The first-order chi connectivity index (χ1) is 27.0. The third-order valence-corrected chi connectivity index (χ3v) is 10.4. The first-order valence-corrected chi connectivity index (χ1v) is 23.4. The van der Waals surface area contributed by atoms with Crippen molar-refractivity contribution in [1.82, 2.24) is 5.32 Å². The minimum atomic E-state index is -0.793. The monoisotopic (exact) mass is 772 g/mol.